The van der Waals surface area contributed by atoms with E-state index in [0.717, 1.165) is 21.0 Å². The SMILES string of the molecule is Clc1sc(CNc2ccc(I)cc2)cc1Br. The molecular weight excluding hydrogens is 420 g/mol. The largest absolute Gasteiger partial charge is 0.380 e. The Balaban J connectivity index is 1.99. The van der Waals surface area contributed by atoms with Gasteiger partial charge in [-0.1, -0.05) is 11.6 Å². The van der Waals surface area contributed by atoms with Crippen molar-refractivity contribution in [2.45, 2.75) is 6.54 Å². The highest BCUT2D eigenvalue weighted by molar-refractivity contribution is 14.1. The number of hydrogen-bond acceptors (Lipinski definition) is 2. The minimum Gasteiger partial charge on any atom is -0.380 e. The minimum atomic E-state index is 0.802. The van der Waals surface area contributed by atoms with Gasteiger partial charge < -0.3 is 5.32 Å². The molecule has 2 aromatic rings. The first kappa shape index (κ1) is 12.7. The fraction of sp³-hybridized carbons (Fsp3) is 0.0909. The fourth-order valence-electron chi connectivity index (χ4n) is 1.24. The number of nitrogens with one attached hydrogen (secondary N) is 1. The lowest BCUT2D eigenvalue weighted by Gasteiger charge is -2.04. The van der Waals surface area contributed by atoms with Crippen LogP contribution in [0.15, 0.2) is 34.8 Å². The van der Waals surface area contributed by atoms with E-state index in [-0.39, 0.29) is 0 Å². The van der Waals surface area contributed by atoms with E-state index >= 15 is 0 Å². The second-order valence-electron chi connectivity index (χ2n) is 3.19. The van der Waals surface area contributed by atoms with E-state index < -0.39 is 0 Å². The van der Waals surface area contributed by atoms with Crippen LogP contribution in [0.3, 0.4) is 0 Å². The number of rotatable bonds is 3. The highest BCUT2D eigenvalue weighted by atomic mass is 127. The van der Waals surface area contributed by atoms with Crippen LogP contribution in [0.5, 0.6) is 0 Å². The quantitative estimate of drug-likeness (QED) is 0.647. The number of hydrogen-bond donors (Lipinski definition) is 1. The van der Waals surface area contributed by atoms with Gasteiger partial charge in [0, 0.05) is 25.2 Å². The molecule has 0 unspecified atom stereocenters. The van der Waals surface area contributed by atoms with Crippen molar-refractivity contribution in [2.75, 3.05) is 5.32 Å². The molecule has 2 rings (SSSR count). The van der Waals surface area contributed by atoms with Crippen LogP contribution in [0.25, 0.3) is 0 Å². The Hall–Kier alpha value is 0.220. The van der Waals surface area contributed by atoms with Gasteiger partial charge in [-0.25, -0.2) is 0 Å². The van der Waals surface area contributed by atoms with Crippen LogP contribution in [0, 0.1) is 3.57 Å². The molecule has 0 spiro atoms. The number of thiophene rings is 1. The van der Waals surface area contributed by atoms with Gasteiger partial charge in [0.1, 0.15) is 4.34 Å². The monoisotopic (exact) mass is 427 g/mol. The van der Waals surface area contributed by atoms with Crippen molar-refractivity contribution in [3.63, 3.8) is 0 Å². The fourth-order valence-corrected chi connectivity index (χ4v) is 3.33. The number of anilines is 1. The van der Waals surface area contributed by atoms with Crippen LogP contribution in [-0.2, 0) is 6.54 Å². The Morgan fingerprint density at radius 2 is 2.00 bits per heavy atom. The maximum Gasteiger partial charge on any atom is 0.107 e. The van der Waals surface area contributed by atoms with Gasteiger partial charge in [0.05, 0.1) is 0 Å². The minimum absolute atomic E-state index is 0.802. The van der Waals surface area contributed by atoms with E-state index in [9.17, 15) is 0 Å². The molecule has 0 fully saturated rings. The molecule has 0 aliphatic carbocycles. The van der Waals surface area contributed by atoms with Crippen molar-refractivity contribution >= 4 is 67.1 Å². The maximum absolute atomic E-state index is 5.97. The lowest BCUT2D eigenvalue weighted by molar-refractivity contribution is 1.19. The lowest BCUT2D eigenvalue weighted by atomic mass is 10.3. The predicted octanol–water partition coefficient (Wildman–Crippen LogP) is 5.38. The molecule has 0 aliphatic rings. The molecule has 16 heavy (non-hydrogen) atoms. The summed E-state index contributed by atoms with van der Waals surface area (Å²) >= 11 is 13.3. The van der Waals surface area contributed by atoms with Crippen molar-refractivity contribution in [2.24, 2.45) is 0 Å². The second kappa shape index (κ2) is 5.71. The Morgan fingerprint density at radius 3 is 2.56 bits per heavy atom. The number of benzene rings is 1. The van der Waals surface area contributed by atoms with Gasteiger partial charge in [0.2, 0.25) is 0 Å². The molecule has 1 N–H and O–H groups in total. The van der Waals surface area contributed by atoms with Gasteiger partial charge in [-0.05, 0) is 68.9 Å². The molecule has 0 saturated carbocycles. The molecular formula is C11H8BrClINS. The summed E-state index contributed by atoms with van der Waals surface area (Å²) in [6, 6.07) is 10.4. The summed E-state index contributed by atoms with van der Waals surface area (Å²) in [7, 11) is 0. The Bertz CT molecular complexity index is 464. The summed E-state index contributed by atoms with van der Waals surface area (Å²) in [5.41, 5.74) is 1.13. The molecule has 1 aromatic heterocycles. The first-order chi connectivity index (χ1) is 7.65. The van der Waals surface area contributed by atoms with Crippen molar-refractivity contribution in [3.05, 3.63) is 47.6 Å². The van der Waals surface area contributed by atoms with E-state index in [1.54, 1.807) is 11.3 Å². The van der Waals surface area contributed by atoms with Crippen molar-refractivity contribution in [1.82, 2.24) is 0 Å². The lowest BCUT2D eigenvalue weighted by Crippen LogP contribution is -1.96. The Labute approximate surface area is 125 Å². The van der Waals surface area contributed by atoms with Crippen molar-refractivity contribution in [3.8, 4) is 0 Å². The molecule has 1 heterocycles. The zero-order valence-electron chi connectivity index (χ0n) is 8.14. The van der Waals surface area contributed by atoms with Gasteiger partial charge in [-0.2, -0.15) is 0 Å². The van der Waals surface area contributed by atoms with Gasteiger partial charge in [0.25, 0.3) is 0 Å². The first-order valence-electron chi connectivity index (χ1n) is 4.58. The van der Waals surface area contributed by atoms with Crippen LogP contribution >= 0.6 is 61.5 Å². The molecule has 0 atom stereocenters. The molecule has 84 valence electrons. The second-order valence-corrected chi connectivity index (χ2v) is 7.03. The molecule has 5 heteroatoms. The zero-order chi connectivity index (χ0) is 11.5. The van der Waals surface area contributed by atoms with Crippen LogP contribution < -0.4 is 5.32 Å². The van der Waals surface area contributed by atoms with Crippen LogP contribution in [0.4, 0.5) is 5.69 Å². The summed E-state index contributed by atoms with van der Waals surface area (Å²) in [4.78, 5) is 1.22. The highest BCUT2D eigenvalue weighted by Crippen LogP contribution is 2.32. The van der Waals surface area contributed by atoms with E-state index in [4.69, 9.17) is 11.6 Å². The molecule has 0 aliphatic heterocycles. The molecule has 0 saturated heterocycles. The van der Waals surface area contributed by atoms with E-state index in [1.165, 1.54) is 8.45 Å². The average molecular weight is 429 g/mol. The maximum atomic E-state index is 5.97. The third kappa shape index (κ3) is 3.35. The standard InChI is InChI=1S/C11H8BrClINS/c12-10-5-9(16-11(10)13)6-15-8-3-1-7(14)2-4-8/h1-5,15H,6H2. The van der Waals surface area contributed by atoms with Gasteiger partial charge >= 0.3 is 0 Å². The van der Waals surface area contributed by atoms with E-state index in [2.05, 4.69) is 68.1 Å². The smallest absolute Gasteiger partial charge is 0.107 e. The highest BCUT2D eigenvalue weighted by Gasteiger charge is 2.03. The summed E-state index contributed by atoms with van der Waals surface area (Å²) < 4.78 is 3.02. The topological polar surface area (TPSA) is 12.0 Å². The third-order valence-corrected chi connectivity index (χ3v) is 5.20. The van der Waals surface area contributed by atoms with Crippen molar-refractivity contribution in [1.29, 1.82) is 0 Å². The summed E-state index contributed by atoms with van der Waals surface area (Å²) in [6.45, 7) is 0.802. The van der Waals surface area contributed by atoms with Crippen LogP contribution in [0.1, 0.15) is 4.88 Å². The molecule has 0 radical (unpaired) electrons. The van der Waals surface area contributed by atoms with E-state index in [1.807, 2.05) is 6.07 Å². The molecule has 0 bridgehead atoms. The first-order valence-corrected chi connectivity index (χ1v) is 7.65. The Morgan fingerprint density at radius 1 is 1.31 bits per heavy atom. The van der Waals surface area contributed by atoms with Crippen LogP contribution in [0.2, 0.25) is 4.34 Å². The summed E-state index contributed by atoms with van der Waals surface area (Å²) in [6.07, 6.45) is 0. The molecule has 1 nitrogen and oxygen atoms in total. The molecule has 0 amide bonds. The summed E-state index contributed by atoms with van der Waals surface area (Å²) in [5, 5.41) is 3.36. The zero-order valence-corrected chi connectivity index (χ0v) is 13.5. The number of halogens is 3. The van der Waals surface area contributed by atoms with E-state index in [0.29, 0.717) is 0 Å². The van der Waals surface area contributed by atoms with Gasteiger partial charge in [-0.15, -0.1) is 11.3 Å². The van der Waals surface area contributed by atoms with Crippen molar-refractivity contribution < 1.29 is 0 Å². The Kier molecular flexibility index (Phi) is 4.52. The van der Waals surface area contributed by atoms with Gasteiger partial charge in [0.15, 0.2) is 0 Å². The van der Waals surface area contributed by atoms with Gasteiger partial charge in [-0.3, -0.25) is 0 Å². The third-order valence-electron chi connectivity index (χ3n) is 2.01. The summed E-state index contributed by atoms with van der Waals surface area (Å²) in [5.74, 6) is 0. The molecule has 1 aromatic carbocycles. The predicted molar refractivity (Wildman–Crippen MR) is 83.5 cm³/mol. The normalized spacial score (nSPS) is 10.4. The average Bonchev–Trinajstić information content (AvgIpc) is 2.58. The van der Waals surface area contributed by atoms with Crippen LogP contribution in [-0.4, -0.2) is 0 Å².